The van der Waals surface area contributed by atoms with Crippen LogP contribution < -0.4 is 10.1 Å². The van der Waals surface area contributed by atoms with E-state index in [2.05, 4.69) is 5.32 Å². The lowest BCUT2D eigenvalue weighted by atomic mass is 10.1. The molecular weight excluding hydrogens is 438 g/mol. The standard InChI is InChI=1S/C21H23N3O7S/c25-21(22-17-5-4-15-2-1-3-16(15)12-17)14-31-20-7-6-18(13-19(20)24(26)27)32(28,29)23-8-10-30-11-9-23/h4-7,12-13H,1-3,8-11,14H2,(H,22,25). The summed E-state index contributed by atoms with van der Waals surface area (Å²) >= 11 is 0. The van der Waals surface area contributed by atoms with Gasteiger partial charge in [0.1, 0.15) is 0 Å². The molecule has 0 atom stereocenters. The molecule has 1 aliphatic heterocycles. The van der Waals surface area contributed by atoms with E-state index in [1.165, 1.54) is 27.6 Å². The first-order valence-electron chi connectivity index (χ1n) is 10.3. The molecule has 11 heteroatoms. The summed E-state index contributed by atoms with van der Waals surface area (Å²) in [6.07, 6.45) is 3.10. The Hall–Kier alpha value is -3.02. The minimum absolute atomic E-state index is 0.178. The summed E-state index contributed by atoms with van der Waals surface area (Å²) in [7, 11) is -3.90. The van der Waals surface area contributed by atoms with E-state index in [4.69, 9.17) is 9.47 Å². The highest BCUT2D eigenvalue weighted by Crippen LogP contribution is 2.31. The molecule has 1 amide bonds. The molecule has 170 valence electrons. The van der Waals surface area contributed by atoms with Crippen molar-refractivity contribution < 1.29 is 27.6 Å². The molecule has 1 heterocycles. The Balaban J connectivity index is 1.45. The molecule has 0 aromatic heterocycles. The van der Waals surface area contributed by atoms with Crippen LogP contribution in [0.2, 0.25) is 0 Å². The minimum atomic E-state index is -3.90. The van der Waals surface area contributed by atoms with Gasteiger partial charge in [0.2, 0.25) is 10.0 Å². The van der Waals surface area contributed by atoms with Crippen LogP contribution in [0.25, 0.3) is 0 Å². The first-order valence-corrected chi connectivity index (χ1v) is 11.7. The van der Waals surface area contributed by atoms with Crippen LogP contribution in [0.5, 0.6) is 5.75 Å². The summed E-state index contributed by atoms with van der Waals surface area (Å²) in [6, 6.07) is 9.12. The third-order valence-corrected chi connectivity index (χ3v) is 7.37. The average Bonchev–Trinajstić information content (AvgIpc) is 3.26. The second-order valence-electron chi connectivity index (χ2n) is 7.58. The predicted molar refractivity (Wildman–Crippen MR) is 115 cm³/mol. The average molecular weight is 461 g/mol. The maximum Gasteiger partial charge on any atom is 0.312 e. The molecule has 2 aromatic carbocycles. The fraction of sp³-hybridized carbons (Fsp3) is 0.381. The number of fused-ring (bicyclic) bond motifs is 1. The van der Waals surface area contributed by atoms with Crippen molar-refractivity contribution in [3.63, 3.8) is 0 Å². The number of rotatable bonds is 7. The molecular formula is C21H23N3O7S. The molecule has 1 fully saturated rings. The van der Waals surface area contributed by atoms with Crippen LogP contribution in [0, 0.1) is 10.1 Å². The number of nitro benzene ring substituents is 1. The fourth-order valence-corrected chi connectivity index (χ4v) is 5.28. The van der Waals surface area contributed by atoms with Crippen molar-refractivity contribution in [1.29, 1.82) is 0 Å². The molecule has 0 saturated carbocycles. The first kappa shape index (κ1) is 22.2. The van der Waals surface area contributed by atoms with Crippen molar-refractivity contribution in [1.82, 2.24) is 4.31 Å². The monoisotopic (exact) mass is 461 g/mol. The quantitative estimate of drug-likeness (QED) is 0.494. The van der Waals surface area contributed by atoms with Gasteiger partial charge in [0.25, 0.3) is 5.91 Å². The summed E-state index contributed by atoms with van der Waals surface area (Å²) in [5.74, 6) is -0.651. The lowest BCUT2D eigenvalue weighted by Gasteiger charge is -2.26. The lowest BCUT2D eigenvalue weighted by molar-refractivity contribution is -0.386. The molecule has 1 saturated heterocycles. The van der Waals surface area contributed by atoms with Crippen molar-refractivity contribution in [2.24, 2.45) is 0 Å². The first-order chi connectivity index (χ1) is 15.3. The van der Waals surface area contributed by atoms with Gasteiger partial charge in [0.15, 0.2) is 12.4 Å². The van der Waals surface area contributed by atoms with Crippen molar-refractivity contribution in [2.75, 3.05) is 38.2 Å². The second kappa shape index (κ2) is 9.23. The number of nitro groups is 1. The van der Waals surface area contributed by atoms with E-state index < -0.39 is 33.1 Å². The fourth-order valence-electron chi connectivity index (χ4n) is 3.85. The number of carbonyl (C=O) groups is 1. The molecule has 0 radical (unpaired) electrons. The second-order valence-corrected chi connectivity index (χ2v) is 9.51. The molecule has 1 N–H and O–H groups in total. The largest absolute Gasteiger partial charge is 0.477 e. The van der Waals surface area contributed by atoms with E-state index in [0.717, 1.165) is 25.3 Å². The number of ether oxygens (including phenoxy) is 2. The van der Waals surface area contributed by atoms with Gasteiger partial charge in [-0.25, -0.2) is 8.42 Å². The Kier molecular flexibility index (Phi) is 6.40. The normalized spacial score (nSPS) is 16.4. The lowest BCUT2D eigenvalue weighted by Crippen LogP contribution is -2.40. The van der Waals surface area contributed by atoms with Crippen LogP contribution in [0.4, 0.5) is 11.4 Å². The SMILES string of the molecule is O=C(COc1ccc(S(=O)(=O)N2CCOCC2)cc1[N+](=O)[O-])Nc1ccc2c(c1)CCC2. The van der Waals surface area contributed by atoms with Crippen LogP contribution >= 0.6 is 0 Å². The van der Waals surface area contributed by atoms with Gasteiger partial charge in [-0.15, -0.1) is 0 Å². The molecule has 2 aromatic rings. The molecule has 2 aliphatic rings. The van der Waals surface area contributed by atoms with E-state index in [-0.39, 0.29) is 36.9 Å². The molecule has 4 rings (SSSR count). The van der Waals surface area contributed by atoms with Crippen LogP contribution in [0.1, 0.15) is 17.5 Å². The Labute approximate surface area is 185 Å². The van der Waals surface area contributed by atoms with Crippen molar-refractivity contribution in [3.05, 3.63) is 57.6 Å². The number of amides is 1. The van der Waals surface area contributed by atoms with Crippen LogP contribution in [0.3, 0.4) is 0 Å². The van der Waals surface area contributed by atoms with Crippen LogP contribution in [0.15, 0.2) is 41.3 Å². The third-order valence-electron chi connectivity index (χ3n) is 5.48. The third kappa shape index (κ3) is 4.74. The number of nitrogens with one attached hydrogen (secondary N) is 1. The number of sulfonamides is 1. The topological polar surface area (TPSA) is 128 Å². The zero-order valence-electron chi connectivity index (χ0n) is 17.3. The molecule has 0 bridgehead atoms. The zero-order valence-corrected chi connectivity index (χ0v) is 18.1. The zero-order chi connectivity index (χ0) is 22.7. The van der Waals surface area contributed by atoms with Gasteiger partial charge < -0.3 is 14.8 Å². The van der Waals surface area contributed by atoms with Crippen molar-refractivity contribution in [3.8, 4) is 5.75 Å². The summed E-state index contributed by atoms with van der Waals surface area (Å²) in [5.41, 5.74) is 2.60. The molecule has 10 nitrogen and oxygen atoms in total. The summed E-state index contributed by atoms with van der Waals surface area (Å²) in [6.45, 7) is 0.436. The highest BCUT2D eigenvalue weighted by atomic mass is 32.2. The predicted octanol–water partition coefficient (Wildman–Crippen LogP) is 2.12. The van der Waals surface area contributed by atoms with E-state index in [1.54, 1.807) is 0 Å². The summed E-state index contributed by atoms with van der Waals surface area (Å²) in [5, 5.41) is 14.2. The highest BCUT2D eigenvalue weighted by Gasteiger charge is 2.29. The van der Waals surface area contributed by atoms with Gasteiger partial charge in [0.05, 0.1) is 23.0 Å². The number of anilines is 1. The van der Waals surface area contributed by atoms with E-state index in [9.17, 15) is 23.3 Å². The van der Waals surface area contributed by atoms with E-state index in [0.29, 0.717) is 5.69 Å². The summed E-state index contributed by atoms with van der Waals surface area (Å²) in [4.78, 5) is 22.9. The molecule has 32 heavy (non-hydrogen) atoms. The van der Waals surface area contributed by atoms with Gasteiger partial charge in [-0.2, -0.15) is 4.31 Å². The Morgan fingerprint density at radius 1 is 1.12 bits per heavy atom. The van der Waals surface area contributed by atoms with Gasteiger partial charge in [-0.3, -0.25) is 14.9 Å². The highest BCUT2D eigenvalue weighted by molar-refractivity contribution is 7.89. The number of carbonyl (C=O) groups excluding carboxylic acids is 1. The van der Waals surface area contributed by atoms with Gasteiger partial charge >= 0.3 is 5.69 Å². The van der Waals surface area contributed by atoms with E-state index >= 15 is 0 Å². The summed E-state index contributed by atoms with van der Waals surface area (Å²) < 4.78 is 37.3. The van der Waals surface area contributed by atoms with Crippen molar-refractivity contribution in [2.45, 2.75) is 24.2 Å². The van der Waals surface area contributed by atoms with Crippen LogP contribution in [-0.2, 0) is 32.4 Å². The maximum atomic E-state index is 12.8. The molecule has 0 unspecified atom stereocenters. The number of hydrogen-bond acceptors (Lipinski definition) is 7. The number of nitrogens with zero attached hydrogens (tertiary/aromatic N) is 2. The molecule has 1 aliphatic carbocycles. The number of benzene rings is 2. The maximum absolute atomic E-state index is 12.8. The smallest absolute Gasteiger partial charge is 0.312 e. The van der Waals surface area contributed by atoms with Crippen molar-refractivity contribution >= 4 is 27.3 Å². The minimum Gasteiger partial charge on any atom is -0.477 e. The molecule has 0 spiro atoms. The Morgan fingerprint density at radius 3 is 2.62 bits per heavy atom. The van der Waals surface area contributed by atoms with Gasteiger partial charge in [0, 0.05) is 24.8 Å². The van der Waals surface area contributed by atoms with E-state index in [1.807, 2.05) is 18.2 Å². The van der Waals surface area contributed by atoms with Gasteiger partial charge in [-0.1, -0.05) is 6.07 Å². The Morgan fingerprint density at radius 2 is 1.88 bits per heavy atom. The number of morpholine rings is 1. The number of aryl methyl sites for hydroxylation is 2. The van der Waals surface area contributed by atoms with Crippen LogP contribution in [-0.4, -0.2) is 56.5 Å². The van der Waals surface area contributed by atoms with Gasteiger partial charge in [-0.05, 0) is 54.7 Å². The Bertz CT molecular complexity index is 1140. The number of hydrogen-bond donors (Lipinski definition) is 1.